The first-order valence-electron chi connectivity index (χ1n) is 4.47. The van der Waals surface area contributed by atoms with Crippen LogP contribution in [0.3, 0.4) is 0 Å². The van der Waals surface area contributed by atoms with Gasteiger partial charge in [0.1, 0.15) is 5.82 Å². The molecule has 0 saturated carbocycles. The summed E-state index contributed by atoms with van der Waals surface area (Å²) in [5.74, 6) is -0.368. The zero-order valence-electron chi connectivity index (χ0n) is 8.12. The van der Waals surface area contributed by atoms with Crippen molar-refractivity contribution in [1.82, 2.24) is 10.2 Å². The third kappa shape index (κ3) is 1.66. The number of carbonyl (C=O) groups excluding carboxylic acids is 1. The summed E-state index contributed by atoms with van der Waals surface area (Å²) in [7, 11) is 0. The van der Waals surface area contributed by atoms with Crippen LogP contribution < -0.4 is 0 Å². The second kappa shape index (κ2) is 3.65. The van der Waals surface area contributed by atoms with Gasteiger partial charge in [-0.25, -0.2) is 4.39 Å². The van der Waals surface area contributed by atoms with Gasteiger partial charge in [-0.1, -0.05) is 11.6 Å². The van der Waals surface area contributed by atoms with Crippen molar-refractivity contribution in [3.63, 3.8) is 0 Å². The molecule has 0 radical (unpaired) electrons. The second-order valence-electron chi connectivity index (χ2n) is 3.30. The first-order valence-corrected chi connectivity index (χ1v) is 4.47. The molecule has 1 aromatic heterocycles. The van der Waals surface area contributed by atoms with Crippen LogP contribution in [0.15, 0.2) is 24.4 Å². The maximum Gasteiger partial charge on any atom is 0.153 e. The molecule has 3 nitrogen and oxygen atoms in total. The molecule has 15 heavy (non-hydrogen) atoms. The molecule has 0 bridgehead atoms. The summed E-state index contributed by atoms with van der Waals surface area (Å²) in [6.45, 7) is 1.86. The summed E-state index contributed by atoms with van der Waals surface area (Å²) in [4.78, 5) is 10.7. The normalized spacial score (nSPS) is 10.3. The molecular formula is C11H9FN2O. The van der Waals surface area contributed by atoms with E-state index in [1.165, 1.54) is 12.3 Å². The summed E-state index contributed by atoms with van der Waals surface area (Å²) in [6, 6.07) is 4.73. The number of carbonyl (C=O) groups is 1. The quantitative estimate of drug-likeness (QED) is 0.763. The van der Waals surface area contributed by atoms with Crippen molar-refractivity contribution in [2.45, 2.75) is 6.92 Å². The molecule has 1 heterocycles. The lowest BCUT2D eigenvalue weighted by molar-refractivity contribution is 0.112. The molecular weight excluding hydrogens is 195 g/mol. The van der Waals surface area contributed by atoms with Gasteiger partial charge in [0.25, 0.3) is 0 Å². The van der Waals surface area contributed by atoms with Gasteiger partial charge in [0.05, 0.1) is 17.5 Å². The number of nitrogens with zero attached hydrogens (tertiary/aromatic N) is 1. The molecule has 0 saturated heterocycles. The van der Waals surface area contributed by atoms with Crippen LogP contribution in [0.2, 0.25) is 0 Å². The van der Waals surface area contributed by atoms with E-state index in [-0.39, 0.29) is 5.82 Å². The van der Waals surface area contributed by atoms with E-state index in [9.17, 15) is 9.18 Å². The Kier molecular flexibility index (Phi) is 2.33. The second-order valence-corrected chi connectivity index (χ2v) is 3.30. The van der Waals surface area contributed by atoms with Crippen molar-refractivity contribution in [2.75, 3.05) is 0 Å². The Bertz CT molecular complexity index is 505. The van der Waals surface area contributed by atoms with Crippen LogP contribution in [0.5, 0.6) is 0 Å². The molecule has 2 aromatic rings. The SMILES string of the molecule is Cc1ccc(F)c(-c2[nH]ncc2C=O)c1. The highest BCUT2D eigenvalue weighted by Gasteiger charge is 2.11. The standard InChI is InChI=1S/C11H9FN2O/c1-7-2-3-10(12)9(4-7)11-8(6-15)5-13-14-11/h2-6H,1H3,(H,13,14). The van der Waals surface area contributed by atoms with Gasteiger partial charge in [0, 0.05) is 5.56 Å². The maximum absolute atomic E-state index is 13.5. The van der Waals surface area contributed by atoms with Gasteiger partial charge in [0.2, 0.25) is 0 Å². The summed E-state index contributed by atoms with van der Waals surface area (Å²) in [5, 5.41) is 6.34. The van der Waals surface area contributed by atoms with E-state index in [1.807, 2.05) is 6.92 Å². The zero-order valence-corrected chi connectivity index (χ0v) is 8.12. The van der Waals surface area contributed by atoms with E-state index in [2.05, 4.69) is 10.2 Å². The van der Waals surface area contributed by atoms with Crippen LogP contribution in [-0.4, -0.2) is 16.5 Å². The number of rotatable bonds is 2. The summed E-state index contributed by atoms with van der Waals surface area (Å²) in [6.07, 6.45) is 2.03. The highest BCUT2D eigenvalue weighted by molar-refractivity contribution is 5.85. The molecule has 0 fully saturated rings. The molecule has 0 spiro atoms. The minimum atomic E-state index is -0.368. The van der Waals surface area contributed by atoms with E-state index in [1.54, 1.807) is 12.1 Å². The molecule has 1 aromatic carbocycles. The first kappa shape index (κ1) is 9.58. The molecule has 4 heteroatoms. The van der Waals surface area contributed by atoms with Gasteiger partial charge < -0.3 is 0 Å². The highest BCUT2D eigenvalue weighted by atomic mass is 19.1. The van der Waals surface area contributed by atoms with Crippen molar-refractivity contribution in [1.29, 1.82) is 0 Å². The molecule has 0 atom stereocenters. The fourth-order valence-electron chi connectivity index (χ4n) is 1.43. The zero-order chi connectivity index (χ0) is 10.8. The molecule has 0 aliphatic heterocycles. The number of aromatic nitrogens is 2. The average molecular weight is 204 g/mol. The number of aryl methyl sites for hydroxylation is 1. The lowest BCUT2D eigenvalue weighted by atomic mass is 10.1. The predicted molar refractivity (Wildman–Crippen MR) is 54.1 cm³/mol. The smallest absolute Gasteiger partial charge is 0.153 e. The molecule has 1 N–H and O–H groups in total. The Hall–Kier alpha value is -1.97. The average Bonchev–Trinajstić information content (AvgIpc) is 2.69. The topological polar surface area (TPSA) is 45.8 Å². The van der Waals surface area contributed by atoms with Gasteiger partial charge in [-0.05, 0) is 19.1 Å². The first-order chi connectivity index (χ1) is 7.22. The van der Waals surface area contributed by atoms with Gasteiger partial charge >= 0.3 is 0 Å². The van der Waals surface area contributed by atoms with Crippen LogP contribution >= 0.6 is 0 Å². The van der Waals surface area contributed by atoms with Crippen molar-refractivity contribution in [3.05, 3.63) is 41.3 Å². The summed E-state index contributed by atoms with van der Waals surface area (Å²) in [5.41, 5.74) is 2.08. The van der Waals surface area contributed by atoms with Crippen molar-refractivity contribution in [3.8, 4) is 11.3 Å². The third-order valence-electron chi connectivity index (χ3n) is 2.19. The van der Waals surface area contributed by atoms with Crippen molar-refractivity contribution in [2.24, 2.45) is 0 Å². The number of aromatic amines is 1. The summed E-state index contributed by atoms with van der Waals surface area (Å²) < 4.78 is 13.5. The predicted octanol–water partition coefficient (Wildman–Crippen LogP) is 2.34. The third-order valence-corrected chi connectivity index (χ3v) is 2.19. The van der Waals surface area contributed by atoms with Gasteiger partial charge in [-0.2, -0.15) is 5.10 Å². The van der Waals surface area contributed by atoms with Gasteiger partial charge in [-0.15, -0.1) is 0 Å². The monoisotopic (exact) mass is 204 g/mol. The van der Waals surface area contributed by atoms with Crippen molar-refractivity contribution >= 4 is 6.29 Å². The van der Waals surface area contributed by atoms with Gasteiger partial charge in [0.15, 0.2) is 6.29 Å². The number of nitrogens with one attached hydrogen (secondary N) is 1. The molecule has 0 aliphatic rings. The van der Waals surface area contributed by atoms with E-state index in [4.69, 9.17) is 0 Å². The number of benzene rings is 1. The van der Waals surface area contributed by atoms with E-state index in [0.717, 1.165) is 5.56 Å². The molecule has 0 amide bonds. The van der Waals surface area contributed by atoms with Crippen LogP contribution in [0.1, 0.15) is 15.9 Å². The molecule has 0 aliphatic carbocycles. The highest BCUT2D eigenvalue weighted by Crippen LogP contribution is 2.24. The number of aldehydes is 1. The van der Waals surface area contributed by atoms with Crippen LogP contribution in [-0.2, 0) is 0 Å². The fraction of sp³-hybridized carbons (Fsp3) is 0.0909. The molecule has 0 unspecified atom stereocenters. The Balaban J connectivity index is 2.62. The van der Waals surface area contributed by atoms with E-state index in [0.29, 0.717) is 23.1 Å². The molecule has 2 rings (SSSR count). The lowest BCUT2D eigenvalue weighted by Crippen LogP contribution is -1.89. The van der Waals surface area contributed by atoms with Crippen LogP contribution in [0.25, 0.3) is 11.3 Å². The number of halogens is 1. The largest absolute Gasteiger partial charge is 0.298 e. The Labute approximate surface area is 85.9 Å². The van der Waals surface area contributed by atoms with Gasteiger partial charge in [-0.3, -0.25) is 9.89 Å². The van der Waals surface area contributed by atoms with Crippen molar-refractivity contribution < 1.29 is 9.18 Å². The Morgan fingerprint density at radius 3 is 3.00 bits per heavy atom. The van der Waals surface area contributed by atoms with E-state index >= 15 is 0 Å². The lowest BCUT2D eigenvalue weighted by Gasteiger charge is -2.02. The number of H-pyrrole nitrogens is 1. The summed E-state index contributed by atoms with van der Waals surface area (Å²) >= 11 is 0. The van der Waals surface area contributed by atoms with Crippen LogP contribution in [0, 0.1) is 12.7 Å². The minimum absolute atomic E-state index is 0.361. The number of hydrogen-bond donors (Lipinski definition) is 1. The number of hydrogen-bond acceptors (Lipinski definition) is 2. The minimum Gasteiger partial charge on any atom is -0.298 e. The van der Waals surface area contributed by atoms with E-state index < -0.39 is 0 Å². The maximum atomic E-state index is 13.5. The van der Waals surface area contributed by atoms with Crippen LogP contribution in [0.4, 0.5) is 4.39 Å². The Morgan fingerprint density at radius 1 is 1.47 bits per heavy atom. The Morgan fingerprint density at radius 2 is 2.27 bits per heavy atom. The fourth-order valence-corrected chi connectivity index (χ4v) is 1.43. The molecule has 76 valence electrons.